The lowest BCUT2D eigenvalue weighted by Gasteiger charge is -2.32. The van der Waals surface area contributed by atoms with Gasteiger partial charge < -0.3 is 4.90 Å². The van der Waals surface area contributed by atoms with Gasteiger partial charge in [-0.2, -0.15) is 13.2 Å². The first-order valence-electron chi connectivity index (χ1n) is 8.41. The van der Waals surface area contributed by atoms with Crippen molar-refractivity contribution in [2.45, 2.75) is 32.4 Å². The summed E-state index contributed by atoms with van der Waals surface area (Å²) in [6.45, 7) is 3.11. The highest BCUT2D eigenvalue weighted by Gasteiger charge is 2.32. The monoisotopic (exact) mass is 392 g/mol. The number of hydrogen-bond donors (Lipinski definition) is 0. The number of piperidine rings is 1. The number of amides is 1. The van der Waals surface area contributed by atoms with Crippen LogP contribution in [0.3, 0.4) is 0 Å². The van der Waals surface area contributed by atoms with Crippen LogP contribution in [0.1, 0.15) is 31.7 Å². The third-order valence-corrected chi connectivity index (χ3v) is 5.59. The molecule has 1 amide bonds. The third kappa shape index (κ3) is 5.36. The summed E-state index contributed by atoms with van der Waals surface area (Å²) in [7, 11) is -3.82. The van der Waals surface area contributed by atoms with Crippen LogP contribution in [0, 0.1) is 5.92 Å². The van der Waals surface area contributed by atoms with Gasteiger partial charge in [-0.15, -0.1) is 0 Å². The van der Waals surface area contributed by atoms with Crippen molar-refractivity contribution < 1.29 is 26.4 Å². The molecule has 146 valence electrons. The Hall–Kier alpha value is -1.77. The van der Waals surface area contributed by atoms with Crippen LogP contribution in [0.5, 0.6) is 0 Å². The molecule has 26 heavy (non-hydrogen) atoms. The molecule has 1 heterocycles. The fraction of sp³-hybridized carbons (Fsp3) is 0.588. The Bertz CT molecular complexity index is 750. The zero-order valence-electron chi connectivity index (χ0n) is 14.8. The van der Waals surface area contributed by atoms with Gasteiger partial charge in [0.1, 0.15) is 0 Å². The molecule has 0 aliphatic carbocycles. The molecule has 1 aliphatic rings. The van der Waals surface area contributed by atoms with E-state index in [0.717, 1.165) is 41.6 Å². The highest BCUT2D eigenvalue weighted by Crippen LogP contribution is 2.32. The first-order chi connectivity index (χ1) is 12.0. The predicted molar refractivity (Wildman–Crippen MR) is 93.2 cm³/mol. The van der Waals surface area contributed by atoms with E-state index in [0.29, 0.717) is 19.0 Å². The van der Waals surface area contributed by atoms with Gasteiger partial charge in [0.15, 0.2) is 0 Å². The van der Waals surface area contributed by atoms with Crippen molar-refractivity contribution in [2.75, 3.05) is 30.2 Å². The smallest absolute Gasteiger partial charge is 0.342 e. The second-order valence-electron chi connectivity index (χ2n) is 6.72. The minimum absolute atomic E-state index is 0.0734. The summed E-state index contributed by atoms with van der Waals surface area (Å²) < 4.78 is 63.6. The number of alkyl halides is 3. The Labute approximate surface area is 151 Å². The predicted octanol–water partition coefficient (Wildman–Crippen LogP) is 3.12. The molecule has 0 saturated carbocycles. The number of carbonyl (C=O) groups is 1. The van der Waals surface area contributed by atoms with Gasteiger partial charge in [-0.3, -0.25) is 9.10 Å². The lowest BCUT2D eigenvalue weighted by molar-refractivity contribution is -0.137. The highest BCUT2D eigenvalue weighted by atomic mass is 32.2. The van der Waals surface area contributed by atoms with Crippen molar-refractivity contribution in [3.8, 4) is 0 Å². The largest absolute Gasteiger partial charge is 0.416 e. The molecular formula is C17H23F3N2O3S. The number of nitrogens with zero attached hydrogens (tertiary/aromatic N) is 2. The highest BCUT2D eigenvalue weighted by molar-refractivity contribution is 7.92. The van der Waals surface area contributed by atoms with E-state index in [1.807, 2.05) is 6.92 Å². The van der Waals surface area contributed by atoms with Crippen molar-refractivity contribution in [3.05, 3.63) is 29.8 Å². The summed E-state index contributed by atoms with van der Waals surface area (Å²) in [4.78, 5) is 14.1. The minimum Gasteiger partial charge on any atom is -0.342 e. The van der Waals surface area contributed by atoms with E-state index in [4.69, 9.17) is 0 Å². The van der Waals surface area contributed by atoms with Gasteiger partial charge in [-0.25, -0.2) is 8.42 Å². The number of carbonyl (C=O) groups excluding carboxylic acids is 1. The molecule has 9 heteroatoms. The second-order valence-corrected chi connectivity index (χ2v) is 8.63. The number of anilines is 1. The maximum absolute atomic E-state index is 12.9. The Morgan fingerprint density at radius 1 is 1.35 bits per heavy atom. The van der Waals surface area contributed by atoms with Gasteiger partial charge in [-0.1, -0.05) is 13.0 Å². The van der Waals surface area contributed by atoms with Crippen molar-refractivity contribution >= 4 is 21.6 Å². The molecule has 5 nitrogen and oxygen atoms in total. The molecule has 2 rings (SSSR count). The molecule has 1 aromatic rings. The van der Waals surface area contributed by atoms with Gasteiger partial charge in [0.2, 0.25) is 15.9 Å². The number of likely N-dealkylation sites (tertiary alicyclic amines) is 1. The quantitative estimate of drug-likeness (QED) is 0.774. The van der Waals surface area contributed by atoms with Gasteiger partial charge in [-0.05, 0) is 37.0 Å². The SMILES string of the molecule is CC1CCCN(C(=O)CCN(c2cccc(C(F)(F)F)c2)S(C)(=O)=O)C1. The Morgan fingerprint density at radius 2 is 2.04 bits per heavy atom. The first-order valence-corrected chi connectivity index (χ1v) is 10.3. The van der Waals surface area contributed by atoms with Gasteiger partial charge in [0.05, 0.1) is 17.5 Å². The van der Waals surface area contributed by atoms with Crippen LogP contribution in [-0.2, 0) is 21.0 Å². The summed E-state index contributed by atoms with van der Waals surface area (Å²) in [5.74, 6) is 0.208. The number of benzene rings is 1. The van der Waals surface area contributed by atoms with Crippen molar-refractivity contribution in [1.82, 2.24) is 4.90 Å². The van der Waals surface area contributed by atoms with Crippen LogP contribution in [0.15, 0.2) is 24.3 Å². The first kappa shape index (κ1) is 20.5. The topological polar surface area (TPSA) is 57.7 Å². The number of rotatable bonds is 5. The fourth-order valence-corrected chi connectivity index (χ4v) is 4.01. The molecule has 0 bridgehead atoms. The molecule has 0 N–H and O–H groups in total. The molecule has 1 aromatic carbocycles. The Balaban J connectivity index is 2.15. The number of sulfonamides is 1. The number of hydrogen-bond acceptors (Lipinski definition) is 3. The van der Waals surface area contributed by atoms with Crippen molar-refractivity contribution in [3.63, 3.8) is 0 Å². The minimum atomic E-state index is -4.57. The fourth-order valence-electron chi connectivity index (χ4n) is 3.09. The standard InChI is InChI=1S/C17H23F3N2O3S/c1-13-5-4-9-21(12-13)16(23)8-10-22(26(2,24)25)15-7-3-6-14(11-15)17(18,19)20/h3,6-7,11,13H,4-5,8-10,12H2,1-2H3. The van der Waals surface area contributed by atoms with E-state index in [1.165, 1.54) is 6.07 Å². The van der Waals surface area contributed by atoms with E-state index in [1.54, 1.807) is 4.90 Å². The molecule has 1 fully saturated rings. The molecule has 1 atom stereocenters. The second kappa shape index (κ2) is 7.85. The van der Waals surface area contributed by atoms with E-state index in [2.05, 4.69) is 0 Å². The van der Waals surface area contributed by atoms with Gasteiger partial charge >= 0.3 is 6.18 Å². The average Bonchev–Trinajstić information content (AvgIpc) is 2.53. The van der Waals surface area contributed by atoms with Crippen LogP contribution in [0.4, 0.5) is 18.9 Å². The van der Waals surface area contributed by atoms with E-state index < -0.39 is 21.8 Å². The lowest BCUT2D eigenvalue weighted by Crippen LogP contribution is -2.41. The molecule has 0 spiro atoms. The summed E-state index contributed by atoms with van der Waals surface area (Å²) in [5, 5.41) is 0. The summed E-state index contributed by atoms with van der Waals surface area (Å²) in [5.41, 5.74) is -1.03. The van der Waals surface area contributed by atoms with Gasteiger partial charge in [0.25, 0.3) is 0 Å². The van der Waals surface area contributed by atoms with E-state index >= 15 is 0 Å². The molecule has 1 aliphatic heterocycles. The maximum Gasteiger partial charge on any atom is 0.416 e. The van der Waals surface area contributed by atoms with E-state index in [9.17, 15) is 26.4 Å². The zero-order chi connectivity index (χ0) is 19.5. The normalized spacial score (nSPS) is 18.7. The molecular weight excluding hydrogens is 369 g/mol. The molecule has 1 unspecified atom stereocenters. The van der Waals surface area contributed by atoms with Crippen molar-refractivity contribution in [2.24, 2.45) is 5.92 Å². The Morgan fingerprint density at radius 3 is 2.62 bits per heavy atom. The van der Waals surface area contributed by atoms with Gasteiger partial charge in [0, 0.05) is 26.1 Å². The van der Waals surface area contributed by atoms with E-state index in [-0.39, 0.29) is 24.6 Å². The summed E-state index contributed by atoms with van der Waals surface area (Å²) >= 11 is 0. The zero-order valence-corrected chi connectivity index (χ0v) is 15.6. The van der Waals surface area contributed by atoms with Crippen LogP contribution in [0.25, 0.3) is 0 Å². The molecule has 0 aromatic heterocycles. The Kier molecular flexibility index (Phi) is 6.21. The maximum atomic E-state index is 12.9. The summed E-state index contributed by atoms with van der Waals surface area (Å²) in [6, 6.07) is 4.12. The molecule has 0 radical (unpaired) electrons. The lowest BCUT2D eigenvalue weighted by atomic mass is 10.00. The summed E-state index contributed by atoms with van der Waals surface area (Å²) in [6.07, 6.45) is -1.78. The van der Waals surface area contributed by atoms with Crippen LogP contribution in [-0.4, -0.2) is 45.1 Å². The van der Waals surface area contributed by atoms with Crippen LogP contribution < -0.4 is 4.31 Å². The van der Waals surface area contributed by atoms with Crippen LogP contribution >= 0.6 is 0 Å². The number of halogens is 3. The van der Waals surface area contributed by atoms with Crippen LogP contribution in [0.2, 0.25) is 0 Å². The molecule has 1 saturated heterocycles. The van der Waals surface area contributed by atoms with Crippen molar-refractivity contribution in [1.29, 1.82) is 0 Å². The average molecular weight is 392 g/mol. The third-order valence-electron chi connectivity index (χ3n) is 4.40.